The van der Waals surface area contributed by atoms with Gasteiger partial charge < -0.3 is 20.1 Å². The Hall–Kier alpha value is -1.75. The molecule has 0 aliphatic carbocycles. The zero-order valence-corrected chi connectivity index (χ0v) is 13.7. The van der Waals surface area contributed by atoms with Crippen molar-refractivity contribution in [3.8, 4) is 11.5 Å². The van der Waals surface area contributed by atoms with Gasteiger partial charge in [-0.15, -0.1) is 0 Å². The number of rotatable bonds is 6. The Morgan fingerprint density at radius 1 is 1.32 bits per heavy atom. The van der Waals surface area contributed by atoms with Gasteiger partial charge in [-0.25, -0.2) is 0 Å². The lowest BCUT2D eigenvalue weighted by molar-refractivity contribution is -0.121. The Morgan fingerprint density at radius 2 is 2.09 bits per heavy atom. The summed E-state index contributed by atoms with van der Waals surface area (Å²) in [4.78, 5) is 12.1. The summed E-state index contributed by atoms with van der Waals surface area (Å²) in [6, 6.07) is 5.57. The smallest absolute Gasteiger partial charge is 0.224 e. The molecule has 2 N–H and O–H groups in total. The summed E-state index contributed by atoms with van der Waals surface area (Å²) in [5.41, 5.74) is 1.08. The van der Waals surface area contributed by atoms with Gasteiger partial charge in [-0.1, -0.05) is 13.0 Å². The van der Waals surface area contributed by atoms with E-state index in [1.54, 1.807) is 14.2 Å². The number of methoxy groups -OCH3 is 2. The zero-order valence-electron chi connectivity index (χ0n) is 13.7. The lowest BCUT2D eigenvalue weighted by Gasteiger charge is -2.34. The molecule has 1 amide bonds. The van der Waals surface area contributed by atoms with E-state index in [-0.39, 0.29) is 11.3 Å². The number of benzene rings is 1. The van der Waals surface area contributed by atoms with Crippen LogP contribution >= 0.6 is 0 Å². The number of piperidine rings is 1. The number of ether oxygens (including phenoxy) is 2. The molecule has 1 fully saturated rings. The molecular weight excluding hydrogens is 280 g/mol. The highest BCUT2D eigenvalue weighted by atomic mass is 16.5. The number of carbonyl (C=O) groups is 1. The van der Waals surface area contributed by atoms with E-state index in [4.69, 9.17) is 9.47 Å². The van der Waals surface area contributed by atoms with Crippen molar-refractivity contribution in [2.75, 3.05) is 33.9 Å². The van der Waals surface area contributed by atoms with Crippen molar-refractivity contribution in [1.29, 1.82) is 0 Å². The van der Waals surface area contributed by atoms with E-state index in [9.17, 15) is 4.79 Å². The van der Waals surface area contributed by atoms with Gasteiger partial charge in [0.15, 0.2) is 11.5 Å². The number of nitrogens with one attached hydrogen (secondary N) is 2. The highest BCUT2D eigenvalue weighted by Gasteiger charge is 2.26. The predicted octanol–water partition coefficient (Wildman–Crippen LogP) is 1.75. The van der Waals surface area contributed by atoms with Gasteiger partial charge in [-0.2, -0.15) is 0 Å². The molecule has 1 saturated heterocycles. The maximum atomic E-state index is 12.1. The number of amides is 1. The first kappa shape index (κ1) is 16.6. The Morgan fingerprint density at radius 3 is 2.73 bits per heavy atom. The summed E-state index contributed by atoms with van der Waals surface area (Å²) >= 11 is 0. The van der Waals surface area contributed by atoms with E-state index in [1.165, 1.54) is 6.42 Å². The normalized spacial score (nSPS) is 21.2. The van der Waals surface area contributed by atoms with Gasteiger partial charge in [0.25, 0.3) is 0 Å². The Kier molecular flexibility index (Phi) is 5.66. The third kappa shape index (κ3) is 4.37. The summed E-state index contributed by atoms with van der Waals surface area (Å²) < 4.78 is 10.5. The molecule has 1 heterocycles. The average Bonchev–Trinajstić information content (AvgIpc) is 2.53. The van der Waals surface area contributed by atoms with Gasteiger partial charge in [0, 0.05) is 13.1 Å². The lowest BCUT2D eigenvalue weighted by Crippen LogP contribution is -2.45. The molecule has 1 aromatic rings. The average molecular weight is 306 g/mol. The summed E-state index contributed by atoms with van der Waals surface area (Å²) in [5, 5.41) is 6.45. The Labute approximate surface area is 132 Å². The second-order valence-electron chi connectivity index (χ2n) is 6.23. The van der Waals surface area contributed by atoms with Crippen LogP contribution in [0, 0.1) is 5.41 Å². The largest absolute Gasteiger partial charge is 0.493 e. The molecule has 0 radical (unpaired) electrons. The summed E-state index contributed by atoms with van der Waals surface area (Å²) in [7, 11) is 3.20. The summed E-state index contributed by atoms with van der Waals surface area (Å²) in [6.07, 6.45) is 2.67. The van der Waals surface area contributed by atoms with Gasteiger partial charge in [0.2, 0.25) is 5.91 Å². The van der Waals surface area contributed by atoms with Crippen LogP contribution in [0.25, 0.3) is 0 Å². The standard InChI is InChI=1S/C17H26N2O3/c1-17(7-4-8-18-11-17)12-19-16(20)10-13-5-6-14(21-2)15(9-13)22-3/h5-6,9,18H,4,7-8,10-12H2,1-3H3,(H,19,20). The molecule has 5 nitrogen and oxygen atoms in total. The molecule has 1 aromatic carbocycles. The van der Waals surface area contributed by atoms with E-state index in [2.05, 4.69) is 17.6 Å². The van der Waals surface area contributed by atoms with E-state index in [0.717, 1.165) is 25.1 Å². The molecule has 1 unspecified atom stereocenters. The highest BCUT2D eigenvalue weighted by Crippen LogP contribution is 2.28. The fourth-order valence-electron chi connectivity index (χ4n) is 2.82. The van der Waals surface area contributed by atoms with Crippen LogP contribution in [0.15, 0.2) is 18.2 Å². The van der Waals surface area contributed by atoms with Crippen molar-refractivity contribution in [1.82, 2.24) is 10.6 Å². The number of hydrogen-bond donors (Lipinski definition) is 2. The van der Waals surface area contributed by atoms with Gasteiger partial charge in [-0.3, -0.25) is 4.79 Å². The molecule has 0 spiro atoms. The van der Waals surface area contributed by atoms with Crippen LogP contribution in [0.1, 0.15) is 25.3 Å². The summed E-state index contributed by atoms with van der Waals surface area (Å²) in [6.45, 7) is 4.97. The van der Waals surface area contributed by atoms with Crippen LogP contribution in [0.5, 0.6) is 11.5 Å². The molecule has 1 aliphatic heterocycles. The molecule has 1 atom stereocenters. The van der Waals surface area contributed by atoms with Gasteiger partial charge >= 0.3 is 0 Å². The molecule has 0 aromatic heterocycles. The second kappa shape index (κ2) is 7.49. The molecule has 0 saturated carbocycles. The SMILES string of the molecule is COc1ccc(CC(=O)NCC2(C)CCCNC2)cc1OC. The molecule has 122 valence electrons. The molecular formula is C17H26N2O3. The molecule has 5 heteroatoms. The van der Waals surface area contributed by atoms with Crippen LogP contribution in [0.2, 0.25) is 0 Å². The Bertz CT molecular complexity index is 511. The minimum absolute atomic E-state index is 0.0408. The highest BCUT2D eigenvalue weighted by molar-refractivity contribution is 5.78. The quantitative estimate of drug-likeness (QED) is 0.841. The zero-order chi connectivity index (χ0) is 16.0. The van der Waals surface area contributed by atoms with Gasteiger partial charge in [-0.05, 0) is 42.5 Å². The van der Waals surface area contributed by atoms with Crippen LogP contribution in [0.3, 0.4) is 0 Å². The second-order valence-corrected chi connectivity index (χ2v) is 6.23. The lowest BCUT2D eigenvalue weighted by atomic mass is 9.83. The third-order valence-corrected chi connectivity index (χ3v) is 4.21. The van der Waals surface area contributed by atoms with Crippen LogP contribution in [-0.4, -0.2) is 39.8 Å². The van der Waals surface area contributed by atoms with Crippen molar-refractivity contribution in [2.45, 2.75) is 26.2 Å². The van der Waals surface area contributed by atoms with E-state index in [0.29, 0.717) is 24.5 Å². The summed E-state index contributed by atoms with van der Waals surface area (Å²) in [5.74, 6) is 1.36. The van der Waals surface area contributed by atoms with Gasteiger partial charge in [0.1, 0.15) is 0 Å². The first-order valence-electron chi connectivity index (χ1n) is 7.75. The van der Waals surface area contributed by atoms with E-state index >= 15 is 0 Å². The first-order chi connectivity index (χ1) is 10.6. The minimum Gasteiger partial charge on any atom is -0.493 e. The molecule has 0 bridgehead atoms. The van der Waals surface area contributed by atoms with E-state index < -0.39 is 0 Å². The predicted molar refractivity (Wildman–Crippen MR) is 86.5 cm³/mol. The first-order valence-corrected chi connectivity index (χ1v) is 7.75. The van der Waals surface area contributed by atoms with Crippen molar-refractivity contribution in [3.05, 3.63) is 23.8 Å². The van der Waals surface area contributed by atoms with Crippen molar-refractivity contribution in [3.63, 3.8) is 0 Å². The van der Waals surface area contributed by atoms with Crippen LogP contribution < -0.4 is 20.1 Å². The fraction of sp³-hybridized carbons (Fsp3) is 0.588. The van der Waals surface area contributed by atoms with Crippen LogP contribution in [-0.2, 0) is 11.2 Å². The molecule has 2 rings (SSSR count). The van der Waals surface area contributed by atoms with Crippen molar-refractivity contribution in [2.24, 2.45) is 5.41 Å². The maximum absolute atomic E-state index is 12.1. The fourth-order valence-corrected chi connectivity index (χ4v) is 2.82. The monoisotopic (exact) mass is 306 g/mol. The minimum atomic E-state index is 0.0408. The van der Waals surface area contributed by atoms with Crippen molar-refractivity contribution >= 4 is 5.91 Å². The van der Waals surface area contributed by atoms with E-state index in [1.807, 2.05) is 18.2 Å². The Balaban J connectivity index is 1.89. The topological polar surface area (TPSA) is 59.6 Å². The molecule has 1 aliphatic rings. The van der Waals surface area contributed by atoms with Crippen LogP contribution in [0.4, 0.5) is 0 Å². The maximum Gasteiger partial charge on any atom is 0.224 e. The number of carbonyl (C=O) groups excluding carboxylic acids is 1. The molecule has 22 heavy (non-hydrogen) atoms. The third-order valence-electron chi connectivity index (χ3n) is 4.21. The van der Waals surface area contributed by atoms with Gasteiger partial charge in [0.05, 0.1) is 20.6 Å². The van der Waals surface area contributed by atoms with Crippen molar-refractivity contribution < 1.29 is 14.3 Å². The number of hydrogen-bond acceptors (Lipinski definition) is 4.